The molecule has 7 rings (SSSR count). The van der Waals surface area contributed by atoms with Gasteiger partial charge in [0.2, 0.25) is 11.8 Å². The fraction of sp³-hybridized carbons (Fsp3) is 0.400. The Balaban J connectivity index is 0.858. The van der Waals surface area contributed by atoms with Crippen molar-refractivity contribution in [2.45, 2.75) is 31.6 Å². The molecule has 0 radical (unpaired) electrons. The third-order valence-corrected chi connectivity index (χ3v) is 11.6. The summed E-state index contributed by atoms with van der Waals surface area (Å²) in [6, 6.07) is 14.9. The number of nitrogens with zero attached hydrogens (tertiary/aromatic N) is 7. The molecular formula is C40H46Cl2N10O5. The summed E-state index contributed by atoms with van der Waals surface area (Å²) in [4.78, 5) is 59.0. The van der Waals surface area contributed by atoms with Gasteiger partial charge in [0.1, 0.15) is 45.3 Å². The van der Waals surface area contributed by atoms with Gasteiger partial charge in [0.25, 0.3) is 0 Å². The van der Waals surface area contributed by atoms with Gasteiger partial charge in [-0.3, -0.25) is 24.7 Å². The van der Waals surface area contributed by atoms with E-state index in [1.807, 2.05) is 24.3 Å². The number of halogens is 2. The van der Waals surface area contributed by atoms with Crippen LogP contribution in [-0.4, -0.2) is 105 Å². The van der Waals surface area contributed by atoms with E-state index in [1.54, 1.807) is 25.4 Å². The van der Waals surface area contributed by atoms with E-state index in [4.69, 9.17) is 32.7 Å². The minimum Gasteiger partial charge on any atom is -0.495 e. The molecule has 1 atom stereocenters. The molecule has 17 heteroatoms. The molecule has 0 saturated carbocycles. The standard InChI is InChI=1S/C40H46Cl2N10O5/c1-49(40(55)48-38-36(41)30(56-2)20-31(57-3)37(38)42)34-21-32(44-24-45-34)46-27-5-7-28(8-6-27)51-18-16-50(17-19-51)23-25-12-14-52(15-13-25)33-10-4-26(22-43-33)29-9-11-35(53)47-39(29)54/h4-8,10,20-22,24-25,29H,9,11-19,23H2,1-3H3,(H,48,55)(H,44,45,46)(H,47,53,54). The maximum Gasteiger partial charge on any atom is 0.327 e. The first kappa shape index (κ1) is 39.8. The molecule has 3 fully saturated rings. The minimum atomic E-state index is -0.529. The van der Waals surface area contributed by atoms with Gasteiger partial charge in [-0.2, -0.15) is 0 Å². The van der Waals surface area contributed by atoms with Gasteiger partial charge in [-0.15, -0.1) is 0 Å². The highest BCUT2D eigenvalue weighted by atomic mass is 35.5. The van der Waals surface area contributed by atoms with Gasteiger partial charge >= 0.3 is 6.03 Å². The molecule has 4 amide bonds. The van der Waals surface area contributed by atoms with Gasteiger partial charge < -0.3 is 29.9 Å². The third kappa shape index (κ3) is 9.27. The van der Waals surface area contributed by atoms with Gasteiger partial charge in [-0.1, -0.05) is 29.3 Å². The van der Waals surface area contributed by atoms with Crippen molar-refractivity contribution in [2.75, 3.05) is 92.4 Å². The Morgan fingerprint density at radius 2 is 1.58 bits per heavy atom. The number of carbonyl (C=O) groups excluding carboxylic acids is 3. The average molecular weight is 818 g/mol. The normalized spacial score (nSPS) is 17.9. The first-order chi connectivity index (χ1) is 27.6. The van der Waals surface area contributed by atoms with E-state index in [0.29, 0.717) is 41.9 Å². The monoisotopic (exact) mass is 816 g/mol. The SMILES string of the molecule is COc1cc(OC)c(Cl)c(NC(=O)N(C)c2cc(Nc3ccc(N4CCN(CC5CCN(c6ccc(C7CCC(=O)NC7=O)cn6)CC5)CC4)cc3)ncn2)c1Cl. The van der Waals surface area contributed by atoms with Crippen molar-refractivity contribution in [3.05, 3.63) is 76.7 Å². The Kier molecular flexibility index (Phi) is 12.5. The number of rotatable bonds is 11. The summed E-state index contributed by atoms with van der Waals surface area (Å²) in [7, 11) is 4.49. The third-order valence-electron chi connectivity index (χ3n) is 10.9. The largest absolute Gasteiger partial charge is 0.495 e. The van der Waals surface area contributed by atoms with Crippen LogP contribution in [0.25, 0.3) is 0 Å². The average Bonchev–Trinajstić information content (AvgIpc) is 3.23. The lowest BCUT2D eigenvalue weighted by Gasteiger charge is -2.40. The lowest BCUT2D eigenvalue weighted by atomic mass is 9.91. The van der Waals surface area contributed by atoms with Crippen LogP contribution in [0, 0.1) is 5.92 Å². The van der Waals surface area contributed by atoms with Crippen LogP contribution in [0.15, 0.2) is 61.1 Å². The highest BCUT2D eigenvalue weighted by Crippen LogP contribution is 2.44. The number of carbonyl (C=O) groups is 3. The molecule has 2 aromatic heterocycles. The van der Waals surface area contributed by atoms with E-state index < -0.39 is 6.03 Å². The molecular weight excluding hydrogens is 771 g/mol. The van der Waals surface area contributed by atoms with Crippen molar-refractivity contribution in [1.82, 2.24) is 25.2 Å². The molecule has 3 aliphatic heterocycles. The second-order valence-electron chi connectivity index (χ2n) is 14.4. The first-order valence-corrected chi connectivity index (χ1v) is 19.7. The van der Waals surface area contributed by atoms with Crippen molar-refractivity contribution < 1.29 is 23.9 Å². The van der Waals surface area contributed by atoms with E-state index in [-0.39, 0.29) is 33.5 Å². The molecule has 4 aromatic rings. The van der Waals surface area contributed by atoms with E-state index in [2.05, 4.69) is 57.7 Å². The number of urea groups is 1. The number of piperazine rings is 1. The Hall–Kier alpha value is -5.38. The molecule has 5 heterocycles. The number of anilines is 6. The number of benzene rings is 2. The molecule has 57 heavy (non-hydrogen) atoms. The van der Waals surface area contributed by atoms with Crippen molar-refractivity contribution in [3.63, 3.8) is 0 Å². The zero-order valence-corrected chi connectivity index (χ0v) is 33.6. The molecule has 0 bridgehead atoms. The van der Waals surface area contributed by atoms with Crippen LogP contribution in [0.2, 0.25) is 10.0 Å². The predicted molar refractivity (Wildman–Crippen MR) is 222 cm³/mol. The molecule has 300 valence electrons. The van der Waals surface area contributed by atoms with E-state index >= 15 is 0 Å². The molecule has 3 saturated heterocycles. The number of piperidine rings is 2. The number of ether oxygens (including phenoxy) is 2. The Morgan fingerprint density at radius 3 is 2.21 bits per heavy atom. The summed E-state index contributed by atoms with van der Waals surface area (Å²) in [5, 5.41) is 8.75. The van der Waals surface area contributed by atoms with Crippen molar-refractivity contribution >= 4 is 75.6 Å². The summed E-state index contributed by atoms with van der Waals surface area (Å²) in [6.07, 6.45) is 6.30. The fourth-order valence-corrected chi connectivity index (χ4v) is 8.09. The zero-order chi connectivity index (χ0) is 40.1. The number of amides is 4. The Bertz CT molecular complexity index is 2050. The number of pyridine rings is 1. The number of hydrogen-bond acceptors (Lipinski definition) is 12. The van der Waals surface area contributed by atoms with Crippen LogP contribution in [0.1, 0.15) is 37.2 Å². The van der Waals surface area contributed by atoms with Gasteiger partial charge in [0, 0.05) is 89.0 Å². The van der Waals surface area contributed by atoms with Crippen LogP contribution in [0.4, 0.5) is 39.3 Å². The molecule has 0 spiro atoms. The molecule has 1 unspecified atom stereocenters. The summed E-state index contributed by atoms with van der Waals surface area (Å²) >= 11 is 12.9. The Labute approximate surface area is 341 Å². The maximum absolute atomic E-state index is 13.2. The van der Waals surface area contributed by atoms with Gasteiger partial charge in [-0.05, 0) is 61.1 Å². The maximum atomic E-state index is 13.2. The van der Waals surface area contributed by atoms with Gasteiger partial charge in [0.15, 0.2) is 0 Å². The summed E-state index contributed by atoms with van der Waals surface area (Å²) < 4.78 is 10.6. The van der Waals surface area contributed by atoms with Crippen molar-refractivity contribution in [2.24, 2.45) is 5.92 Å². The number of aromatic nitrogens is 3. The molecule has 0 aliphatic carbocycles. The molecule has 3 aliphatic rings. The van der Waals surface area contributed by atoms with Crippen LogP contribution in [-0.2, 0) is 9.59 Å². The minimum absolute atomic E-state index is 0.140. The number of hydrogen-bond donors (Lipinski definition) is 3. The predicted octanol–water partition coefficient (Wildman–Crippen LogP) is 6.17. The topological polar surface area (TPSA) is 157 Å². The van der Waals surface area contributed by atoms with Crippen molar-refractivity contribution in [1.29, 1.82) is 0 Å². The zero-order valence-electron chi connectivity index (χ0n) is 32.1. The van der Waals surface area contributed by atoms with Crippen LogP contribution in [0.3, 0.4) is 0 Å². The highest BCUT2D eigenvalue weighted by Gasteiger charge is 2.29. The number of methoxy groups -OCH3 is 2. The smallest absolute Gasteiger partial charge is 0.327 e. The lowest BCUT2D eigenvalue weighted by molar-refractivity contribution is -0.134. The highest BCUT2D eigenvalue weighted by molar-refractivity contribution is 6.41. The summed E-state index contributed by atoms with van der Waals surface area (Å²) in [6.45, 7) is 6.96. The van der Waals surface area contributed by atoms with Crippen molar-refractivity contribution in [3.8, 4) is 11.5 Å². The molecule has 3 N–H and O–H groups in total. The summed E-state index contributed by atoms with van der Waals surface area (Å²) in [5.41, 5.74) is 3.03. The summed E-state index contributed by atoms with van der Waals surface area (Å²) in [5.74, 6) is 2.31. The van der Waals surface area contributed by atoms with E-state index in [1.165, 1.54) is 25.4 Å². The van der Waals surface area contributed by atoms with E-state index in [0.717, 1.165) is 81.4 Å². The van der Waals surface area contributed by atoms with Crippen LogP contribution >= 0.6 is 23.2 Å². The van der Waals surface area contributed by atoms with Gasteiger partial charge in [-0.25, -0.2) is 19.7 Å². The molecule has 2 aromatic carbocycles. The quantitative estimate of drug-likeness (QED) is 0.148. The van der Waals surface area contributed by atoms with Crippen LogP contribution in [0.5, 0.6) is 11.5 Å². The second kappa shape index (κ2) is 17.8. The Morgan fingerprint density at radius 1 is 0.877 bits per heavy atom. The lowest BCUT2D eigenvalue weighted by Crippen LogP contribution is -2.49. The second-order valence-corrected chi connectivity index (χ2v) is 15.1. The first-order valence-electron chi connectivity index (χ1n) is 19.0. The van der Waals surface area contributed by atoms with Crippen LogP contribution < -0.4 is 40.1 Å². The fourth-order valence-electron chi connectivity index (χ4n) is 7.49. The molecule has 15 nitrogen and oxygen atoms in total. The number of nitrogens with one attached hydrogen (secondary N) is 3. The van der Waals surface area contributed by atoms with E-state index in [9.17, 15) is 14.4 Å². The number of imide groups is 1. The van der Waals surface area contributed by atoms with Gasteiger partial charge in [0.05, 0.1) is 25.8 Å².